The number of rotatable bonds is 8. The van der Waals surface area contributed by atoms with Crippen molar-refractivity contribution in [2.24, 2.45) is 0 Å². The molecule has 0 aliphatic heterocycles. The molecule has 4 rings (SSSR count). The van der Waals surface area contributed by atoms with Crippen LogP contribution in [0.3, 0.4) is 0 Å². The van der Waals surface area contributed by atoms with E-state index < -0.39 is 5.91 Å². The second kappa shape index (κ2) is 11.8. The second-order valence-corrected chi connectivity index (χ2v) is 9.10. The van der Waals surface area contributed by atoms with Crippen LogP contribution in [0.15, 0.2) is 88.9 Å². The van der Waals surface area contributed by atoms with Gasteiger partial charge in [-0.3, -0.25) is 4.79 Å². The van der Waals surface area contributed by atoms with E-state index in [-0.39, 0.29) is 5.57 Å². The number of hydrogen-bond donors (Lipinski definition) is 1. The molecule has 0 aromatic heterocycles. The third-order valence-electron chi connectivity index (χ3n) is 5.39. The molecule has 0 heterocycles. The summed E-state index contributed by atoms with van der Waals surface area (Å²) in [5.41, 5.74) is 2.15. The number of anilines is 1. The molecule has 0 bridgehead atoms. The molecule has 4 aromatic rings. The van der Waals surface area contributed by atoms with E-state index >= 15 is 0 Å². The van der Waals surface area contributed by atoms with Crippen LogP contribution in [0.5, 0.6) is 11.5 Å². The van der Waals surface area contributed by atoms with Crippen LogP contribution >= 0.6 is 27.5 Å². The van der Waals surface area contributed by atoms with Gasteiger partial charge in [-0.25, -0.2) is 0 Å². The Hall–Kier alpha value is -3.79. The number of nitriles is 1. The van der Waals surface area contributed by atoms with E-state index in [0.717, 1.165) is 16.3 Å². The van der Waals surface area contributed by atoms with E-state index in [2.05, 4.69) is 39.4 Å². The average Bonchev–Trinajstić information content (AvgIpc) is 2.89. The first-order valence-corrected chi connectivity index (χ1v) is 12.4. The summed E-state index contributed by atoms with van der Waals surface area (Å²) in [4.78, 5) is 12.7. The highest BCUT2D eigenvalue weighted by Crippen LogP contribution is 2.36. The summed E-state index contributed by atoms with van der Waals surface area (Å²) in [5.74, 6) is 0.543. The van der Waals surface area contributed by atoms with Gasteiger partial charge in [0.1, 0.15) is 18.2 Å². The molecule has 0 fully saturated rings. The third-order valence-corrected chi connectivity index (χ3v) is 6.33. The van der Waals surface area contributed by atoms with Crippen molar-refractivity contribution >= 4 is 56.0 Å². The van der Waals surface area contributed by atoms with Gasteiger partial charge in [0.2, 0.25) is 0 Å². The predicted molar refractivity (Wildman–Crippen MR) is 147 cm³/mol. The number of benzene rings is 4. The van der Waals surface area contributed by atoms with Gasteiger partial charge in [-0.15, -0.1) is 0 Å². The molecular weight excluding hydrogens is 540 g/mol. The van der Waals surface area contributed by atoms with Gasteiger partial charge in [-0.1, -0.05) is 70.0 Å². The Morgan fingerprint density at radius 2 is 1.75 bits per heavy atom. The Bertz CT molecular complexity index is 1470. The first-order valence-electron chi connectivity index (χ1n) is 11.2. The van der Waals surface area contributed by atoms with E-state index in [9.17, 15) is 10.1 Å². The van der Waals surface area contributed by atoms with Gasteiger partial charge in [-0.2, -0.15) is 5.26 Å². The molecule has 0 spiro atoms. The Labute approximate surface area is 223 Å². The molecule has 0 saturated heterocycles. The molecule has 180 valence electrons. The first-order chi connectivity index (χ1) is 17.5. The van der Waals surface area contributed by atoms with Crippen molar-refractivity contribution in [2.45, 2.75) is 13.5 Å². The van der Waals surface area contributed by atoms with Gasteiger partial charge in [0.25, 0.3) is 5.91 Å². The molecule has 0 saturated carbocycles. The van der Waals surface area contributed by atoms with E-state index in [1.807, 2.05) is 37.3 Å². The monoisotopic (exact) mass is 560 g/mol. The minimum atomic E-state index is -0.527. The zero-order valence-corrected chi connectivity index (χ0v) is 21.8. The molecule has 36 heavy (non-hydrogen) atoms. The Kier molecular flexibility index (Phi) is 8.27. The van der Waals surface area contributed by atoms with Gasteiger partial charge in [-0.05, 0) is 71.3 Å². The topological polar surface area (TPSA) is 71.3 Å². The quantitative estimate of drug-likeness (QED) is 0.176. The number of fused-ring (bicyclic) bond motifs is 1. The maximum atomic E-state index is 12.7. The van der Waals surface area contributed by atoms with Crippen molar-refractivity contribution in [1.29, 1.82) is 5.26 Å². The summed E-state index contributed by atoms with van der Waals surface area (Å²) in [6.45, 7) is 2.67. The van der Waals surface area contributed by atoms with Crippen LogP contribution in [0.2, 0.25) is 5.02 Å². The number of halogens is 2. The van der Waals surface area contributed by atoms with E-state index in [1.165, 1.54) is 6.08 Å². The van der Waals surface area contributed by atoms with Gasteiger partial charge < -0.3 is 14.8 Å². The van der Waals surface area contributed by atoms with E-state index in [4.69, 9.17) is 21.1 Å². The number of ether oxygens (including phenoxy) is 2. The lowest BCUT2D eigenvalue weighted by Gasteiger charge is -2.15. The molecule has 0 unspecified atom stereocenters. The van der Waals surface area contributed by atoms with Crippen molar-refractivity contribution in [3.63, 3.8) is 0 Å². The summed E-state index contributed by atoms with van der Waals surface area (Å²) in [7, 11) is 0. The number of hydrogen-bond acceptors (Lipinski definition) is 4. The normalized spacial score (nSPS) is 11.1. The zero-order valence-electron chi connectivity index (χ0n) is 19.4. The van der Waals surface area contributed by atoms with Crippen LogP contribution in [0.1, 0.15) is 18.1 Å². The highest BCUT2D eigenvalue weighted by molar-refractivity contribution is 9.10. The summed E-state index contributed by atoms with van der Waals surface area (Å²) >= 11 is 9.44. The van der Waals surface area contributed by atoms with Gasteiger partial charge >= 0.3 is 0 Å². The maximum Gasteiger partial charge on any atom is 0.266 e. The molecule has 0 aliphatic carbocycles. The Morgan fingerprint density at radius 1 is 1.03 bits per heavy atom. The lowest BCUT2D eigenvalue weighted by molar-refractivity contribution is -0.112. The highest BCUT2D eigenvalue weighted by atomic mass is 79.9. The van der Waals surface area contributed by atoms with Crippen LogP contribution < -0.4 is 14.8 Å². The minimum absolute atomic E-state index is 0.0578. The van der Waals surface area contributed by atoms with Gasteiger partial charge in [0, 0.05) is 15.2 Å². The lowest BCUT2D eigenvalue weighted by Crippen LogP contribution is -2.13. The van der Waals surface area contributed by atoms with E-state index in [0.29, 0.717) is 45.5 Å². The Balaban J connectivity index is 1.59. The predicted octanol–water partition coefficient (Wildman–Crippen LogP) is 7.78. The lowest BCUT2D eigenvalue weighted by atomic mass is 10.1. The van der Waals surface area contributed by atoms with Crippen molar-refractivity contribution in [2.75, 3.05) is 11.9 Å². The molecule has 1 N–H and O–H groups in total. The SMILES string of the molecule is CCOc1cc(/C=C(\C#N)C(=O)Nc2ccc(Cl)cc2)c(Br)cc1OCc1cccc2ccccc12. The molecule has 0 radical (unpaired) electrons. The fourth-order valence-electron chi connectivity index (χ4n) is 3.65. The fourth-order valence-corrected chi connectivity index (χ4v) is 4.21. The average molecular weight is 562 g/mol. The smallest absolute Gasteiger partial charge is 0.266 e. The number of nitrogens with zero attached hydrogens (tertiary/aromatic N) is 1. The van der Waals surface area contributed by atoms with E-state index in [1.54, 1.807) is 36.4 Å². The highest BCUT2D eigenvalue weighted by Gasteiger charge is 2.15. The molecule has 1 amide bonds. The van der Waals surface area contributed by atoms with Crippen LogP contribution in [-0.4, -0.2) is 12.5 Å². The standard InChI is InChI=1S/C29H22BrClN2O3/c1-2-35-27-15-21(14-22(17-32)29(34)33-24-12-10-23(31)11-13-24)26(30)16-28(27)36-18-20-8-5-7-19-6-3-4-9-25(19)20/h3-16H,2,18H2,1H3,(H,33,34)/b22-14+. The zero-order chi connectivity index (χ0) is 25.5. The molecule has 0 aliphatic rings. The molecular formula is C29H22BrClN2O3. The van der Waals surface area contributed by atoms with Crippen LogP contribution in [-0.2, 0) is 11.4 Å². The van der Waals surface area contributed by atoms with Gasteiger partial charge in [0.15, 0.2) is 11.5 Å². The molecule has 4 aromatic carbocycles. The second-order valence-electron chi connectivity index (χ2n) is 7.81. The van der Waals surface area contributed by atoms with Gasteiger partial charge in [0.05, 0.1) is 6.61 Å². The summed E-state index contributed by atoms with van der Waals surface area (Å²) in [5, 5.41) is 15.2. The van der Waals surface area contributed by atoms with Crippen LogP contribution in [0, 0.1) is 11.3 Å². The molecule has 0 atom stereocenters. The first kappa shape index (κ1) is 25.3. The number of carbonyl (C=O) groups is 1. The fraction of sp³-hybridized carbons (Fsp3) is 0.103. The largest absolute Gasteiger partial charge is 0.490 e. The van der Waals surface area contributed by atoms with Crippen molar-refractivity contribution in [1.82, 2.24) is 0 Å². The van der Waals surface area contributed by atoms with Crippen molar-refractivity contribution in [3.8, 4) is 17.6 Å². The Morgan fingerprint density at radius 3 is 2.50 bits per heavy atom. The summed E-state index contributed by atoms with van der Waals surface area (Å²) < 4.78 is 12.6. The van der Waals surface area contributed by atoms with Crippen LogP contribution in [0.25, 0.3) is 16.8 Å². The molecule has 7 heteroatoms. The summed E-state index contributed by atoms with van der Waals surface area (Å²) in [6.07, 6.45) is 1.51. The molecule has 5 nitrogen and oxygen atoms in total. The van der Waals surface area contributed by atoms with Crippen LogP contribution in [0.4, 0.5) is 5.69 Å². The number of carbonyl (C=O) groups excluding carboxylic acids is 1. The number of nitrogens with one attached hydrogen (secondary N) is 1. The third kappa shape index (κ3) is 6.06. The number of amides is 1. The summed E-state index contributed by atoms with van der Waals surface area (Å²) in [6, 6.07) is 26.4. The maximum absolute atomic E-state index is 12.7. The van der Waals surface area contributed by atoms with Crippen molar-refractivity contribution in [3.05, 3.63) is 105 Å². The van der Waals surface area contributed by atoms with Crippen molar-refractivity contribution < 1.29 is 14.3 Å². The minimum Gasteiger partial charge on any atom is -0.490 e.